The summed E-state index contributed by atoms with van der Waals surface area (Å²) in [5.41, 5.74) is 0.356. The second kappa shape index (κ2) is 9.34. The van der Waals surface area contributed by atoms with Crippen LogP contribution >= 0.6 is 0 Å². The van der Waals surface area contributed by atoms with Crippen LogP contribution < -0.4 is 14.9 Å². The van der Waals surface area contributed by atoms with Crippen molar-refractivity contribution < 1.29 is 19.2 Å². The molecule has 1 fully saturated rings. The van der Waals surface area contributed by atoms with Gasteiger partial charge in [-0.3, -0.25) is 19.7 Å². The van der Waals surface area contributed by atoms with Crippen LogP contribution in [0.15, 0.2) is 53.3 Å². The maximum absolute atomic E-state index is 13.5. The molecular weight excluding hydrogens is 440 g/mol. The number of likely N-dealkylation sites (tertiary alicyclic amines) is 1. The Morgan fingerprint density at radius 1 is 1.15 bits per heavy atom. The molecule has 0 spiro atoms. The minimum absolute atomic E-state index is 0.175. The van der Waals surface area contributed by atoms with E-state index in [1.165, 1.54) is 22.9 Å². The average molecular weight is 464 g/mol. The van der Waals surface area contributed by atoms with Gasteiger partial charge in [0.15, 0.2) is 5.69 Å². The zero-order chi connectivity index (χ0) is 24.4. The number of benzene rings is 2. The van der Waals surface area contributed by atoms with Gasteiger partial charge in [0.25, 0.3) is 11.6 Å². The zero-order valence-electron chi connectivity index (χ0n) is 19.1. The van der Waals surface area contributed by atoms with Gasteiger partial charge < -0.3 is 14.4 Å². The highest BCUT2D eigenvalue weighted by Crippen LogP contribution is 2.39. The van der Waals surface area contributed by atoms with Crippen molar-refractivity contribution in [2.24, 2.45) is 0 Å². The van der Waals surface area contributed by atoms with Crippen molar-refractivity contribution in [2.45, 2.75) is 25.8 Å². The summed E-state index contributed by atoms with van der Waals surface area (Å²) in [6, 6.07) is 12.4. The number of ether oxygens (including phenoxy) is 2. The molecule has 2 heterocycles. The molecule has 0 bridgehead atoms. The number of aromatic nitrogens is 2. The molecule has 10 heteroatoms. The van der Waals surface area contributed by atoms with Crippen molar-refractivity contribution >= 4 is 11.6 Å². The van der Waals surface area contributed by atoms with Gasteiger partial charge in [-0.15, -0.1) is 0 Å². The summed E-state index contributed by atoms with van der Waals surface area (Å²) in [6.45, 7) is 2.05. The normalized spacial score (nSPS) is 15.3. The molecule has 10 nitrogen and oxygen atoms in total. The third kappa shape index (κ3) is 4.09. The summed E-state index contributed by atoms with van der Waals surface area (Å²) in [5.74, 6) is 0.681. The van der Waals surface area contributed by atoms with Crippen molar-refractivity contribution in [3.05, 3.63) is 85.8 Å². The number of hydrogen-bond acceptors (Lipinski definition) is 7. The van der Waals surface area contributed by atoms with Gasteiger partial charge in [-0.05, 0) is 38.0 Å². The number of aryl methyl sites for hydroxylation is 1. The summed E-state index contributed by atoms with van der Waals surface area (Å²) < 4.78 is 12.1. The average Bonchev–Trinajstić information content (AvgIpc) is 3.33. The van der Waals surface area contributed by atoms with Crippen LogP contribution in [0, 0.1) is 17.0 Å². The van der Waals surface area contributed by atoms with E-state index in [0.29, 0.717) is 30.2 Å². The molecule has 0 N–H and O–H groups in total. The Balaban J connectivity index is 1.76. The lowest BCUT2D eigenvalue weighted by Gasteiger charge is -2.26. The van der Waals surface area contributed by atoms with Crippen LogP contribution in [-0.2, 0) is 0 Å². The molecule has 34 heavy (non-hydrogen) atoms. The van der Waals surface area contributed by atoms with Crippen molar-refractivity contribution in [1.29, 1.82) is 0 Å². The number of nitrogens with zero attached hydrogens (tertiary/aromatic N) is 4. The predicted molar refractivity (Wildman–Crippen MR) is 124 cm³/mol. The summed E-state index contributed by atoms with van der Waals surface area (Å²) in [5, 5.41) is 15.8. The number of hydrogen-bond donors (Lipinski definition) is 0. The van der Waals surface area contributed by atoms with E-state index in [2.05, 4.69) is 5.10 Å². The summed E-state index contributed by atoms with van der Waals surface area (Å²) in [6.07, 6.45) is 1.44. The zero-order valence-corrected chi connectivity index (χ0v) is 19.1. The van der Waals surface area contributed by atoms with E-state index in [1.807, 2.05) is 6.07 Å². The fourth-order valence-corrected chi connectivity index (χ4v) is 4.30. The molecule has 1 unspecified atom stereocenters. The van der Waals surface area contributed by atoms with Crippen molar-refractivity contribution in [1.82, 2.24) is 14.7 Å². The molecule has 1 amide bonds. The lowest BCUT2D eigenvalue weighted by molar-refractivity contribution is -0.384. The molecule has 1 saturated heterocycles. The van der Waals surface area contributed by atoms with Gasteiger partial charge in [0.1, 0.15) is 17.2 Å². The SMILES string of the molecule is COc1ccc(C2CCCN2C(=O)c2nn(-c3ccccc3[N+](=O)[O-])c(C)cc2=O)c(OC)c1. The maximum Gasteiger partial charge on any atom is 0.294 e. The highest BCUT2D eigenvalue weighted by molar-refractivity contribution is 5.92. The summed E-state index contributed by atoms with van der Waals surface area (Å²) in [7, 11) is 3.11. The standard InChI is InChI=1S/C24H24N4O6/c1-15-13-21(29)23(25-27(15)19-7-4-5-8-20(19)28(31)32)24(30)26-12-6-9-18(26)17-11-10-16(33-2)14-22(17)34-3/h4-5,7-8,10-11,13-14,18H,6,9,12H2,1-3H3. The summed E-state index contributed by atoms with van der Waals surface area (Å²) in [4.78, 5) is 38.9. The van der Waals surface area contributed by atoms with E-state index in [9.17, 15) is 19.7 Å². The van der Waals surface area contributed by atoms with Crippen LogP contribution in [0.25, 0.3) is 5.69 Å². The Morgan fingerprint density at radius 2 is 1.91 bits per heavy atom. The van der Waals surface area contributed by atoms with Crippen molar-refractivity contribution in [2.75, 3.05) is 20.8 Å². The molecule has 4 rings (SSSR count). The van der Waals surface area contributed by atoms with Crippen LogP contribution in [-0.4, -0.2) is 46.3 Å². The minimum atomic E-state index is -0.537. The van der Waals surface area contributed by atoms with E-state index in [0.717, 1.165) is 12.0 Å². The van der Waals surface area contributed by atoms with E-state index >= 15 is 0 Å². The number of rotatable bonds is 6. The molecule has 0 saturated carbocycles. The van der Waals surface area contributed by atoms with Crippen LogP contribution in [0.2, 0.25) is 0 Å². The topological polar surface area (TPSA) is 117 Å². The fourth-order valence-electron chi connectivity index (χ4n) is 4.30. The highest BCUT2D eigenvalue weighted by Gasteiger charge is 2.34. The van der Waals surface area contributed by atoms with E-state index in [-0.39, 0.29) is 23.1 Å². The molecule has 3 aromatic rings. The lowest BCUT2D eigenvalue weighted by atomic mass is 10.0. The van der Waals surface area contributed by atoms with Gasteiger partial charge >= 0.3 is 0 Å². The first-order valence-corrected chi connectivity index (χ1v) is 10.7. The molecule has 0 aliphatic carbocycles. The molecule has 2 aromatic carbocycles. The van der Waals surface area contributed by atoms with E-state index < -0.39 is 16.3 Å². The monoisotopic (exact) mass is 464 g/mol. The summed E-state index contributed by atoms with van der Waals surface area (Å²) >= 11 is 0. The van der Waals surface area contributed by atoms with E-state index in [4.69, 9.17) is 9.47 Å². The van der Waals surface area contributed by atoms with Crippen LogP contribution in [0.3, 0.4) is 0 Å². The maximum atomic E-state index is 13.5. The highest BCUT2D eigenvalue weighted by atomic mass is 16.6. The number of para-hydroxylation sites is 2. The number of carbonyl (C=O) groups excluding carboxylic acids is 1. The first kappa shape index (κ1) is 23.0. The number of nitro groups is 1. The molecular formula is C24H24N4O6. The first-order valence-electron chi connectivity index (χ1n) is 10.7. The van der Waals surface area contributed by atoms with Gasteiger partial charge in [0.05, 0.1) is 25.2 Å². The van der Waals surface area contributed by atoms with Gasteiger partial charge in [0, 0.05) is 36.0 Å². The van der Waals surface area contributed by atoms with Crippen molar-refractivity contribution in [3.63, 3.8) is 0 Å². The third-order valence-electron chi connectivity index (χ3n) is 5.93. The second-order valence-corrected chi connectivity index (χ2v) is 7.92. The van der Waals surface area contributed by atoms with Crippen molar-refractivity contribution in [3.8, 4) is 17.2 Å². The Kier molecular flexibility index (Phi) is 6.31. The van der Waals surface area contributed by atoms with Gasteiger partial charge in [0.2, 0.25) is 5.43 Å². The Hall–Kier alpha value is -4.21. The smallest absolute Gasteiger partial charge is 0.294 e. The molecule has 1 aliphatic rings. The van der Waals surface area contributed by atoms with Gasteiger partial charge in [-0.1, -0.05) is 12.1 Å². The third-order valence-corrected chi connectivity index (χ3v) is 5.93. The molecule has 1 aliphatic heterocycles. The Labute approximate surface area is 195 Å². The molecule has 176 valence electrons. The largest absolute Gasteiger partial charge is 0.497 e. The Bertz CT molecular complexity index is 1320. The van der Waals surface area contributed by atoms with Gasteiger partial charge in [-0.25, -0.2) is 4.68 Å². The molecule has 1 aromatic heterocycles. The number of carbonyl (C=O) groups is 1. The van der Waals surface area contributed by atoms with E-state index in [1.54, 1.807) is 50.3 Å². The molecule has 1 atom stereocenters. The van der Waals surface area contributed by atoms with Crippen LogP contribution in [0.4, 0.5) is 5.69 Å². The quantitative estimate of drug-likeness (QED) is 0.405. The number of methoxy groups -OCH3 is 2. The molecule has 0 radical (unpaired) electrons. The van der Waals surface area contributed by atoms with Crippen LogP contribution in [0.5, 0.6) is 11.5 Å². The number of amides is 1. The van der Waals surface area contributed by atoms with Gasteiger partial charge in [-0.2, -0.15) is 5.10 Å². The first-order chi connectivity index (χ1) is 16.3. The minimum Gasteiger partial charge on any atom is -0.497 e. The fraction of sp³-hybridized carbons (Fsp3) is 0.292. The second-order valence-electron chi connectivity index (χ2n) is 7.92. The Morgan fingerprint density at radius 3 is 2.62 bits per heavy atom. The number of nitro benzene ring substituents is 1. The van der Waals surface area contributed by atoms with Crippen LogP contribution in [0.1, 0.15) is 40.6 Å². The lowest BCUT2D eigenvalue weighted by Crippen LogP contribution is -2.36. The predicted octanol–water partition coefficient (Wildman–Crippen LogP) is 3.44.